The molecule has 2 nitrogen and oxygen atoms in total. The van der Waals surface area contributed by atoms with Gasteiger partial charge in [-0.05, 0) is 46.4 Å². The molecule has 18 heavy (non-hydrogen) atoms. The average molecular weight is 239 g/mol. The lowest BCUT2D eigenvalue weighted by molar-refractivity contribution is 0.475. The zero-order valence-corrected chi connectivity index (χ0v) is 10.8. The Morgan fingerprint density at radius 2 is 2.06 bits per heavy atom. The first kappa shape index (κ1) is 12.4. The first-order valence-corrected chi connectivity index (χ1v) is 6.25. The molecule has 0 atom stereocenters. The number of rotatable bonds is 3. The molecular weight excluding hydrogens is 222 g/mol. The second-order valence-electron chi connectivity index (χ2n) is 4.86. The molecule has 92 valence electrons. The third kappa shape index (κ3) is 2.31. The first-order valence-electron chi connectivity index (χ1n) is 6.25. The van der Waals surface area contributed by atoms with Gasteiger partial charge in [-0.1, -0.05) is 32.0 Å². The summed E-state index contributed by atoms with van der Waals surface area (Å²) in [6.45, 7) is 4.24. The van der Waals surface area contributed by atoms with Crippen LogP contribution in [0, 0.1) is 11.3 Å². The Hall–Kier alpha value is -2.01. The number of nitrogens with zero attached hydrogens (tertiary/aromatic N) is 1. The summed E-state index contributed by atoms with van der Waals surface area (Å²) >= 11 is 0. The van der Waals surface area contributed by atoms with Crippen LogP contribution >= 0.6 is 0 Å². The Morgan fingerprint density at radius 3 is 2.72 bits per heavy atom. The predicted molar refractivity (Wildman–Crippen MR) is 73.6 cm³/mol. The zero-order chi connectivity index (χ0) is 13.1. The summed E-state index contributed by atoms with van der Waals surface area (Å²) in [5.74, 6) is 0.659. The van der Waals surface area contributed by atoms with Gasteiger partial charge < -0.3 is 5.11 Å². The molecule has 0 aliphatic heterocycles. The van der Waals surface area contributed by atoms with E-state index in [1.54, 1.807) is 6.07 Å². The predicted octanol–water partition coefficient (Wildman–Crippen LogP) is 4.12. The Morgan fingerprint density at radius 1 is 1.28 bits per heavy atom. The first-order chi connectivity index (χ1) is 8.63. The Bertz CT molecular complexity index is 608. The zero-order valence-electron chi connectivity index (χ0n) is 10.8. The summed E-state index contributed by atoms with van der Waals surface area (Å²) in [7, 11) is 0. The summed E-state index contributed by atoms with van der Waals surface area (Å²) in [4.78, 5) is 0. The summed E-state index contributed by atoms with van der Waals surface area (Å²) in [5, 5.41) is 20.8. The SMILES string of the molecule is CC(C)c1cc(O)cc2cccc(CCC#N)c12. The number of benzene rings is 2. The van der Waals surface area contributed by atoms with Crippen molar-refractivity contribution >= 4 is 10.8 Å². The van der Waals surface area contributed by atoms with Crippen LogP contribution in [-0.2, 0) is 6.42 Å². The lowest BCUT2D eigenvalue weighted by Gasteiger charge is -2.14. The van der Waals surface area contributed by atoms with Crippen LogP contribution in [0.5, 0.6) is 5.75 Å². The molecule has 0 fully saturated rings. The minimum absolute atomic E-state index is 0.309. The van der Waals surface area contributed by atoms with Gasteiger partial charge in [0.05, 0.1) is 6.07 Å². The van der Waals surface area contributed by atoms with Gasteiger partial charge in [0.1, 0.15) is 5.75 Å². The number of aromatic hydroxyl groups is 1. The highest BCUT2D eigenvalue weighted by molar-refractivity contribution is 5.90. The molecule has 2 heteroatoms. The molecule has 0 radical (unpaired) electrons. The summed E-state index contributed by atoms with van der Waals surface area (Å²) in [5.41, 5.74) is 2.34. The highest BCUT2D eigenvalue weighted by Crippen LogP contribution is 2.32. The standard InChI is InChI=1S/C16H17NO/c1-11(2)15-10-14(18)9-13-6-3-5-12(16(13)15)7-4-8-17/h3,5-6,9-11,18H,4,7H2,1-2H3. The third-order valence-electron chi connectivity index (χ3n) is 3.21. The van der Waals surface area contributed by atoms with Crippen LogP contribution in [0.4, 0.5) is 0 Å². The molecule has 2 rings (SSSR count). The number of fused-ring (bicyclic) bond motifs is 1. The Labute approximate surface area is 107 Å². The van der Waals surface area contributed by atoms with E-state index in [2.05, 4.69) is 26.0 Å². The minimum atomic E-state index is 0.309. The maximum Gasteiger partial charge on any atom is 0.116 e. The van der Waals surface area contributed by atoms with Crippen LogP contribution in [0.3, 0.4) is 0 Å². The van der Waals surface area contributed by atoms with E-state index in [4.69, 9.17) is 5.26 Å². The van der Waals surface area contributed by atoms with Crippen molar-refractivity contribution in [3.63, 3.8) is 0 Å². The molecule has 0 saturated carbocycles. The Balaban J connectivity index is 2.69. The highest BCUT2D eigenvalue weighted by Gasteiger charge is 2.11. The van der Waals surface area contributed by atoms with Crippen LogP contribution in [0.25, 0.3) is 10.8 Å². The second-order valence-corrected chi connectivity index (χ2v) is 4.86. The van der Waals surface area contributed by atoms with Gasteiger partial charge in [0.15, 0.2) is 0 Å². The van der Waals surface area contributed by atoms with E-state index < -0.39 is 0 Å². The molecule has 2 aromatic carbocycles. The van der Waals surface area contributed by atoms with Crippen molar-refractivity contribution in [2.24, 2.45) is 0 Å². The summed E-state index contributed by atoms with van der Waals surface area (Å²) < 4.78 is 0. The molecule has 0 unspecified atom stereocenters. The third-order valence-corrected chi connectivity index (χ3v) is 3.21. The number of hydrogen-bond donors (Lipinski definition) is 1. The van der Waals surface area contributed by atoms with Gasteiger partial charge >= 0.3 is 0 Å². The van der Waals surface area contributed by atoms with E-state index in [1.807, 2.05) is 18.2 Å². The number of phenolic OH excluding ortho intramolecular Hbond substituents is 1. The van der Waals surface area contributed by atoms with Gasteiger partial charge in [-0.15, -0.1) is 0 Å². The van der Waals surface area contributed by atoms with E-state index in [1.165, 1.54) is 10.9 Å². The molecule has 0 heterocycles. The molecule has 0 aromatic heterocycles. The minimum Gasteiger partial charge on any atom is -0.508 e. The number of aryl methyl sites for hydroxylation is 1. The van der Waals surface area contributed by atoms with E-state index in [-0.39, 0.29) is 0 Å². The van der Waals surface area contributed by atoms with Crippen LogP contribution in [0.2, 0.25) is 0 Å². The lowest BCUT2D eigenvalue weighted by Crippen LogP contribution is -1.94. The second kappa shape index (κ2) is 5.10. The molecule has 0 bridgehead atoms. The van der Waals surface area contributed by atoms with Gasteiger partial charge in [-0.25, -0.2) is 0 Å². The van der Waals surface area contributed by atoms with Gasteiger partial charge in [-0.2, -0.15) is 5.26 Å². The molecule has 1 N–H and O–H groups in total. The van der Waals surface area contributed by atoms with Crippen LogP contribution in [-0.4, -0.2) is 5.11 Å². The van der Waals surface area contributed by atoms with Crippen molar-refractivity contribution in [1.29, 1.82) is 5.26 Å². The van der Waals surface area contributed by atoms with E-state index in [9.17, 15) is 5.11 Å². The van der Waals surface area contributed by atoms with Crippen molar-refractivity contribution in [2.75, 3.05) is 0 Å². The van der Waals surface area contributed by atoms with Crippen molar-refractivity contribution in [3.05, 3.63) is 41.5 Å². The van der Waals surface area contributed by atoms with Crippen molar-refractivity contribution in [2.45, 2.75) is 32.6 Å². The van der Waals surface area contributed by atoms with Crippen LogP contribution < -0.4 is 0 Å². The molecule has 0 aliphatic rings. The maximum absolute atomic E-state index is 9.77. The van der Waals surface area contributed by atoms with Crippen LogP contribution in [0.1, 0.15) is 37.3 Å². The van der Waals surface area contributed by atoms with Gasteiger partial charge in [0, 0.05) is 6.42 Å². The number of hydrogen-bond acceptors (Lipinski definition) is 2. The molecule has 0 spiro atoms. The quantitative estimate of drug-likeness (QED) is 0.875. The molecule has 0 saturated heterocycles. The summed E-state index contributed by atoms with van der Waals surface area (Å²) in [6, 6.07) is 11.9. The fourth-order valence-electron chi connectivity index (χ4n) is 2.38. The highest BCUT2D eigenvalue weighted by atomic mass is 16.3. The van der Waals surface area contributed by atoms with Gasteiger partial charge in [-0.3, -0.25) is 0 Å². The van der Waals surface area contributed by atoms with Crippen molar-refractivity contribution < 1.29 is 5.11 Å². The molecule has 2 aromatic rings. The van der Waals surface area contributed by atoms with Gasteiger partial charge in [0.25, 0.3) is 0 Å². The number of phenols is 1. The fourth-order valence-corrected chi connectivity index (χ4v) is 2.38. The maximum atomic E-state index is 9.77. The topological polar surface area (TPSA) is 44.0 Å². The average Bonchev–Trinajstić information content (AvgIpc) is 2.34. The molecular formula is C16H17NO. The lowest BCUT2D eigenvalue weighted by atomic mass is 9.91. The summed E-state index contributed by atoms with van der Waals surface area (Å²) in [6.07, 6.45) is 1.29. The normalized spacial score (nSPS) is 10.8. The largest absolute Gasteiger partial charge is 0.508 e. The Kier molecular flexibility index (Phi) is 3.53. The smallest absolute Gasteiger partial charge is 0.116 e. The van der Waals surface area contributed by atoms with Crippen LogP contribution in [0.15, 0.2) is 30.3 Å². The fraction of sp³-hybridized carbons (Fsp3) is 0.312. The van der Waals surface area contributed by atoms with Crippen molar-refractivity contribution in [1.82, 2.24) is 0 Å². The molecule has 0 amide bonds. The van der Waals surface area contributed by atoms with E-state index in [0.717, 1.165) is 17.4 Å². The molecule has 0 aliphatic carbocycles. The van der Waals surface area contributed by atoms with Crippen molar-refractivity contribution in [3.8, 4) is 11.8 Å². The number of nitriles is 1. The van der Waals surface area contributed by atoms with E-state index >= 15 is 0 Å². The van der Waals surface area contributed by atoms with Gasteiger partial charge in [0.2, 0.25) is 0 Å². The monoisotopic (exact) mass is 239 g/mol. The van der Waals surface area contributed by atoms with E-state index in [0.29, 0.717) is 18.1 Å².